The molecule has 0 aromatic heterocycles. The fourth-order valence-corrected chi connectivity index (χ4v) is 2.28. The van der Waals surface area contributed by atoms with Crippen LogP contribution in [-0.4, -0.2) is 29.7 Å². The molecule has 2 rings (SSSR count). The van der Waals surface area contributed by atoms with Crippen molar-refractivity contribution in [3.63, 3.8) is 0 Å². The molecule has 1 atom stereocenters. The number of amides is 1. The number of rotatable bonds is 1. The third kappa shape index (κ3) is 2.56. The van der Waals surface area contributed by atoms with Crippen molar-refractivity contribution in [2.24, 2.45) is 5.92 Å². The van der Waals surface area contributed by atoms with E-state index in [2.05, 4.69) is 0 Å². The maximum atomic E-state index is 12.3. The van der Waals surface area contributed by atoms with Crippen molar-refractivity contribution in [2.75, 3.05) is 13.1 Å². The lowest BCUT2D eigenvalue weighted by molar-refractivity contribution is -0.124. The summed E-state index contributed by atoms with van der Waals surface area (Å²) in [6.07, 6.45) is 0.458. The number of likely N-dealkylation sites (tertiary alicyclic amines) is 1. The standard InChI is InChI=1S/C14H16ClNO2/c1-9-7-11(3-4-12(9)15)14(18)16-6-5-13(17)10(2)8-16/h3-4,7,10H,5-6,8H2,1-2H3. The zero-order chi connectivity index (χ0) is 13.3. The molecule has 1 aromatic carbocycles. The summed E-state index contributed by atoms with van der Waals surface area (Å²) in [6, 6.07) is 5.27. The van der Waals surface area contributed by atoms with Crippen LogP contribution in [0, 0.1) is 12.8 Å². The summed E-state index contributed by atoms with van der Waals surface area (Å²) in [5.74, 6) is 0.163. The summed E-state index contributed by atoms with van der Waals surface area (Å²) >= 11 is 5.94. The Bertz CT molecular complexity index is 499. The second-order valence-electron chi connectivity index (χ2n) is 4.83. The van der Waals surface area contributed by atoms with E-state index in [4.69, 9.17) is 11.6 Å². The van der Waals surface area contributed by atoms with Crippen LogP contribution in [0.2, 0.25) is 5.02 Å². The fraction of sp³-hybridized carbons (Fsp3) is 0.429. The van der Waals surface area contributed by atoms with Gasteiger partial charge in [-0.05, 0) is 30.7 Å². The Hall–Kier alpha value is -1.35. The van der Waals surface area contributed by atoms with Gasteiger partial charge < -0.3 is 4.90 Å². The summed E-state index contributed by atoms with van der Waals surface area (Å²) in [5, 5.41) is 0.661. The van der Waals surface area contributed by atoms with Gasteiger partial charge in [0.1, 0.15) is 5.78 Å². The number of ketones is 1. The average Bonchev–Trinajstić information content (AvgIpc) is 2.35. The first-order chi connectivity index (χ1) is 8.49. The normalized spacial score (nSPS) is 20.1. The molecule has 1 unspecified atom stereocenters. The predicted octanol–water partition coefficient (Wildman–Crippen LogP) is 2.70. The van der Waals surface area contributed by atoms with Gasteiger partial charge in [0, 0.05) is 36.0 Å². The van der Waals surface area contributed by atoms with E-state index in [0.717, 1.165) is 5.56 Å². The number of aryl methyl sites for hydroxylation is 1. The van der Waals surface area contributed by atoms with Crippen LogP contribution in [0.15, 0.2) is 18.2 Å². The molecular weight excluding hydrogens is 250 g/mol. The predicted molar refractivity (Wildman–Crippen MR) is 70.9 cm³/mol. The molecular formula is C14H16ClNO2. The Labute approximate surface area is 112 Å². The zero-order valence-corrected chi connectivity index (χ0v) is 11.3. The molecule has 4 heteroatoms. The molecule has 0 aliphatic carbocycles. The monoisotopic (exact) mass is 265 g/mol. The van der Waals surface area contributed by atoms with Gasteiger partial charge in [-0.2, -0.15) is 0 Å². The van der Waals surface area contributed by atoms with Crippen molar-refractivity contribution in [3.05, 3.63) is 34.3 Å². The molecule has 1 fully saturated rings. The molecule has 1 aliphatic heterocycles. The number of benzene rings is 1. The topological polar surface area (TPSA) is 37.4 Å². The molecule has 0 spiro atoms. The van der Waals surface area contributed by atoms with E-state index in [1.165, 1.54) is 0 Å². The molecule has 96 valence electrons. The van der Waals surface area contributed by atoms with E-state index in [0.29, 0.717) is 30.1 Å². The van der Waals surface area contributed by atoms with Crippen LogP contribution in [0.4, 0.5) is 0 Å². The lowest BCUT2D eigenvalue weighted by atomic mass is 9.98. The number of hydrogen-bond acceptors (Lipinski definition) is 2. The highest BCUT2D eigenvalue weighted by Gasteiger charge is 2.27. The summed E-state index contributed by atoms with van der Waals surface area (Å²) in [4.78, 5) is 25.5. The van der Waals surface area contributed by atoms with E-state index < -0.39 is 0 Å². The van der Waals surface area contributed by atoms with Gasteiger partial charge in [-0.15, -0.1) is 0 Å². The molecule has 1 heterocycles. The molecule has 1 aliphatic rings. The van der Waals surface area contributed by atoms with Crippen LogP contribution < -0.4 is 0 Å². The summed E-state index contributed by atoms with van der Waals surface area (Å²) in [5.41, 5.74) is 1.53. The van der Waals surface area contributed by atoms with Crippen LogP contribution >= 0.6 is 11.6 Å². The summed E-state index contributed by atoms with van der Waals surface area (Å²) < 4.78 is 0. The number of piperidine rings is 1. The van der Waals surface area contributed by atoms with Crippen LogP contribution in [0.5, 0.6) is 0 Å². The third-order valence-corrected chi connectivity index (χ3v) is 3.79. The molecule has 0 bridgehead atoms. The number of nitrogens with zero attached hydrogens (tertiary/aromatic N) is 1. The van der Waals surface area contributed by atoms with Crippen molar-refractivity contribution >= 4 is 23.3 Å². The van der Waals surface area contributed by atoms with Gasteiger partial charge in [-0.1, -0.05) is 18.5 Å². The quantitative estimate of drug-likeness (QED) is 0.783. The van der Waals surface area contributed by atoms with Gasteiger partial charge in [0.2, 0.25) is 0 Å². The van der Waals surface area contributed by atoms with Crippen LogP contribution in [0.1, 0.15) is 29.3 Å². The van der Waals surface area contributed by atoms with Gasteiger partial charge in [0.25, 0.3) is 5.91 Å². The number of halogens is 1. The van der Waals surface area contributed by atoms with E-state index in [1.807, 2.05) is 13.8 Å². The van der Waals surface area contributed by atoms with Gasteiger partial charge in [0.15, 0.2) is 0 Å². The lowest BCUT2D eigenvalue weighted by Crippen LogP contribution is -2.43. The Kier molecular flexibility index (Phi) is 3.71. The summed E-state index contributed by atoms with van der Waals surface area (Å²) in [7, 11) is 0. The van der Waals surface area contributed by atoms with Crippen molar-refractivity contribution in [3.8, 4) is 0 Å². The Morgan fingerprint density at radius 3 is 2.78 bits per heavy atom. The van der Waals surface area contributed by atoms with E-state index in [-0.39, 0.29) is 17.6 Å². The van der Waals surface area contributed by atoms with Crippen molar-refractivity contribution in [1.82, 2.24) is 4.90 Å². The molecule has 0 radical (unpaired) electrons. The number of carbonyl (C=O) groups is 2. The lowest BCUT2D eigenvalue weighted by Gasteiger charge is -2.30. The first-order valence-corrected chi connectivity index (χ1v) is 6.45. The highest BCUT2D eigenvalue weighted by Crippen LogP contribution is 2.19. The van der Waals surface area contributed by atoms with Crippen molar-refractivity contribution < 1.29 is 9.59 Å². The van der Waals surface area contributed by atoms with Crippen LogP contribution in [0.3, 0.4) is 0 Å². The molecule has 0 saturated carbocycles. The van der Waals surface area contributed by atoms with Crippen LogP contribution in [-0.2, 0) is 4.79 Å². The minimum atomic E-state index is -0.0592. The van der Waals surface area contributed by atoms with Gasteiger partial charge in [-0.3, -0.25) is 9.59 Å². The molecule has 3 nitrogen and oxygen atoms in total. The van der Waals surface area contributed by atoms with E-state index >= 15 is 0 Å². The first kappa shape index (κ1) is 13.1. The highest BCUT2D eigenvalue weighted by molar-refractivity contribution is 6.31. The van der Waals surface area contributed by atoms with E-state index in [1.54, 1.807) is 23.1 Å². The van der Waals surface area contributed by atoms with Crippen LogP contribution in [0.25, 0.3) is 0 Å². The van der Waals surface area contributed by atoms with Gasteiger partial charge >= 0.3 is 0 Å². The molecule has 18 heavy (non-hydrogen) atoms. The maximum absolute atomic E-state index is 12.3. The smallest absolute Gasteiger partial charge is 0.253 e. The van der Waals surface area contributed by atoms with Crippen molar-refractivity contribution in [1.29, 1.82) is 0 Å². The molecule has 0 N–H and O–H groups in total. The second-order valence-corrected chi connectivity index (χ2v) is 5.24. The number of carbonyl (C=O) groups excluding carboxylic acids is 2. The van der Waals surface area contributed by atoms with Crippen molar-refractivity contribution in [2.45, 2.75) is 20.3 Å². The summed E-state index contributed by atoms with van der Waals surface area (Å²) in [6.45, 7) is 4.78. The fourth-order valence-electron chi connectivity index (χ4n) is 2.16. The number of Topliss-reactive ketones (excluding diaryl/α,β-unsaturated/α-hetero) is 1. The minimum absolute atomic E-state index is 0.0193. The molecule has 1 saturated heterocycles. The van der Waals surface area contributed by atoms with E-state index in [9.17, 15) is 9.59 Å². The Balaban J connectivity index is 2.16. The highest BCUT2D eigenvalue weighted by atomic mass is 35.5. The van der Waals surface area contributed by atoms with Gasteiger partial charge in [0.05, 0.1) is 0 Å². The minimum Gasteiger partial charge on any atom is -0.337 e. The molecule has 1 amide bonds. The maximum Gasteiger partial charge on any atom is 0.253 e. The zero-order valence-electron chi connectivity index (χ0n) is 10.6. The second kappa shape index (κ2) is 5.11. The Morgan fingerprint density at radius 1 is 1.44 bits per heavy atom. The SMILES string of the molecule is Cc1cc(C(=O)N2CCC(=O)C(C)C2)ccc1Cl. The van der Waals surface area contributed by atoms with Gasteiger partial charge in [-0.25, -0.2) is 0 Å². The third-order valence-electron chi connectivity index (χ3n) is 3.36. The largest absolute Gasteiger partial charge is 0.337 e. The first-order valence-electron chi connectivity index (χ1n) is 6.07. The Morgan fingerprint density at radius 2 is 2.17 bits per heavy atom. The molecule has 1 aromatic rings. The average molecular weight is 266 g/mol. The number of hydrogen-bond donors (Lipinski definition) is 0.